The second-order valence-electron chi connectivity index (χ2n) is 4.26. The van der Waals surface area contributed by atoms with Crippen LogP contribution in [0.25, 0.3) is 21.5 Å². The number of benzene rings is 1. The summed E-state index contributed by atoms with van der Waals surface area (Å²) in [5.41, 5.74) is 0.264. The number of hydrogen-bond acceptors (Lipinski definition) is 4. The molecule has 3 rings (SSSR count). The Hall–Kier alpha value is -2.15. The largest absolute Gasteiger partial charge is 0.495 e. The van der Waals surface area contributed by atoms with Crippen LogP contribution in [0.15, 0.2) is 35.8 Å². The quantitative estimate of drug-likeness (QED) is 0.704. The maximum absolute atomic E-state index is 12.6. The molecule has 21 heavy (non-hydrogen) atoms. The predicted molar refractivity (Wildman–Crippen MR) is 74.4 cm³/mol. The summed E-state index contributed by atoms with van der Waals surface area (Å²) in [6, 6.07) is 7.27. The van der Waals surface area contributed by atoms with Gasteiger partial charge in [-0.15, -0.1) is 11.3 Å². The Kier molecular flexibility index (Phi) is 3.29. The fourth-order valence-corrected chi connectivity index (χ4v) is 2.85. The second-order valence-corrected chi connectivity index (χ2v) is 5.12. The molecule has 3 nitrogen and oxygen atoms in total. The van der Waals surface area contributed by atoms with Crippen molar-refractivity contribution in [3.05, 3.63) is 41.5 Å². The van der Waals surface area contributed by atoms with Crippen LogP contribution in [0.2, 0.25) is 0 Å². The Morgan fingerprint density at radius 2 is 1.95 bits per heavy atom. The summed E-state index contributed by atoms with van der Waals surface area (Å²) in [6.07, 6.45) is -2.97. The van der Waals surface area contributed by atoms with Crippen molar-refractivity contribution in [2.24, 2.45) is 0 Å². The van der Waals surface area contributed by atoms with Crippen LogP contribution >= 0.6 is 11.3 Å². The average molecular weight is 310 g/mol. The maximum atomic E-state index is 12.6. The van der Waals surface area contributed by atoms with Crippen LogP contribution in [0, 0.1) is 0 Å². The number of nitrogens with zero attached hydrogens (tertiary/aromatic N) is 2. The lowest BCUT2D eigenvalue weighted by Crippen LogP contribution is -2.04. The number of aromatic nitrogens is 2. The van der Waals surface area contributed by atoms with Crippen LogP contribution < -0.4 is 4.74 Å². The Morgan fingerprint density at radius 1 is 1.19 bits per heavy atom. The van der Waals surface area contributed by atoms with Gasteiger partial charge in [0.1, 0.15) is 10.8 Å². The van der Waals surface area contributed by atoms with Gasteiger partial charge in [-0.3, -0.25) is 4.98 Å². The lowest BCUT2D eigenvalue weighted by Gasteiger charge is -2.09. The van der Waals surface area contributed by atoms with Gasteiger partial charge in [-0.25, -0.2) is 4.98 Å². The van der Waals surface area contributed by atoms with Crippen LogP contribution in [0.5, 0.6) is 5.75 Å². The fraction of sp³-hybridized carbons (Fsp3) is 0.143. The number of hydrogen-bond donors (Lipinski definition) is 0. The number of pyridine rings is 1. The summed E-state index contributed by atoms with van der Waals surface area (Å²) < 4.78 is 43.3. The monoisotopic (exact) mass is 310 g/mol. The van der Waals surface area contributed by atoms with Gasteiger partial charge in [-0.1, -0.05) is 12.1 Å². The summed E-state index contributed by atoms with van der Waals surface area (Å²) in [6.45, 7) is 0. The molecule has 108 valence electrons. The number of alkyl halides is 3. The summed E-state index contributed by atoms with van der Waals surface area (Å²) in [7, 11) is 1.48. The number of halogens is 3. The highest BCUT2D eigenvalue weighted by molar-refractivity contribution is 7.13. The van der Waals surface area contributed by atoms with Crippen molar-refractivity contribution in [3.8, 4) is 16.3 Å². The van der Waals surface area contributed by atoms with Crippen LogP contribution in [0.1, 0.15) is 5.69 Å². The molecule has 0 aliphatic rings. The molecule has 0 atom stereocenters. The summed E-state index contributed by atoms with van der Waals surface area (Å²) in [5, 5.41) is 1.96. The minimum atomic E-state index is -4.45. The molecule has 0 saturated carbocycles. The molecule has 1 aromatic carbocycles. The highest BCUT2D eigenvalue weighted by Crippen LogP contribution is 2.39. The first-order valence-electron chi connectivity index (χ1n) is 5.95. The zero-order valence-electron chi connectivity index (χ0n) is 10.8. The van der Waals surface area contributed by atoms with Gasteiger partial charge in [-0.2, -0.15) is 13.2 Å². The van der Waals surface area contributed by atoms with Gasteiger partial charge in [0.05, 0.1) is 18.2 Å². The van der Waals surface area contributed by atoms with E-state index in [1.165, 1.54) is 13.3 Å². The Balaban J connectivity index is 2.18. The number of methoxy groups -OCH3 is 1. The Morgan fingerprint density at radius 3 is 2.62 bits per heavy atom. The van der Waals surface area contributed by atoms with Crippen LogP contribution in [-0.4, -0.2) is 17.1 Å². The molecule has 0 unspecified atom stereocenters. The van der Waals surface area contributed by atoms with E-state index >= 15 is 0 Å². The van der Waals surface area contributed by atoms with Crippen molar-refractivity contribution >= 4 is 22.2 Å². The predicted octanol–water partition coefficient (Wildman–Crippen LogP) is 4.39. The lowest BCUT2D eigenvalue weighted by atomic mass is 10.1. The topological polar surface area (TPSA) is 35.0 Å². The van der Waals surface area contributed by atoms with E-state index in [1.54, 1.807) is 0 Å². The molecule has 0 radical (unpaired) electrons. The van der Waals surface area contributed by atoms with E-state index in [4.69, 9.17) is 4.74 Å². The third-order valence-corrected chi connectivity index (χ3v) is 3.83. The van der Waals surface area contributed by atoms with E-state index in [0.717, 1.165) is 22.1 Å². The van der Waals surface area contributed by atoms with Gasteiger partial charge in [-0.05, 0) is 12.1 Å². The van der Waals surface area contributed by atoms with Crippen molar-refractivity contribution in [2.75, 3.05) is 7.11 Å². The van der Waals surface area contributed by atoms with Crippen molar-refractivity contribution in [3.63, 3.8) is 0 Å². The van der Waals surface area contributed by atoms with Gasteiger partial charge in [0.25, 0.3) is 0 Å². The maximum Gasteiger partial charge on any atom is 0.434 e. The SMILES string of the molecule is COc1c(-c2nc(C(F)(F)F)cs2)cnc2ccccc12. The van der Waals surface area contributed by atoms with Crippen molar-refractivity contribution in [1.82, 2.24) is 9.97 Å². The first kappa shape index (κ1) is 13.8. The van der Waals surface area contributed by atoms with Crippen LogP contribution in [0.4, 0.5) is 13.2 Å². The Bertz CT molecular complexity index is 798. The first-order chi connectivity index (χ1) is 10.0. The highest BCUT2D eigenvalue weighted by atomic mass is 32.1. The standard InChI is InChI=1S/C14H9F3N2OS/c1-20-12-8-4-2-3-5-10(8)18-6-9(12)13-19-11(7-21-13)14(15,16)17/h2-7H,1H3. The Labute approximate surface area is 122 Å². The number of para-hydroxylation sites is 1. The van der Waals surface area contributed by atoms with Crippen molar-refractivity contribution < 1.29 is 17.9 Å². The average Bonchev–Trinajstić information content (AvgIpc) is 2.95. The van der Waals surface area contributed by atoms with E-state index in [9.17, 15) is 13.2 Å². The van der Waals surface area contributed by atoms with Gasteiger partial charge in [0.2, 0.25) is 0 Å². The van der Waals surface area contributed by atoms with Crippen LogP contribution in [-0.2, 0) is 6.18 Å². The van der Waals surface area contributed by atoms with Crippen molar-refractivity contribution in [2.45, 2.75) is 6.18 Å². The molecule has 0 spiro atoms. The van der Waals surface area contributed by atoms with E-state index in [1.807, 2.05) is 24.3 Å². The first-order valence-corrected chi connectivity index (χ1v) is 6.83. The van der Waals surface area contributed by atoms with Crippen LogP contribution in [0.3, 0.4) is 0 Å². The number of rotatable bonds is 2. The number of thiazole rings is 1. The van der Waals surface area contributed by atoms with E-state index in [0.29, 0.717) is 16.8 Å². The minimum absolute atomic E-state index is 0.234. The number of ether oxygens (including phenoxy) is 1. The van der Waals surface area contributed by atoms with Gasteiger partial charge in [0.15, 0.2) is 5.69 Å². The molecule has 2 aromatic heterocycles. The van der Waals surface area contributed by atoms with E-state index in [2.05, 4.69) is 9.97 Å². The molecular formula is C14H9F3N2OS. The molecule has 0 N–H and O–H groups in total. The molecule has 0 aliphatic heterocycles. The molecule has 7 heteroatoms. The molecule has 0 fully saturated rings. The molecule has 0 bridgehead atoms. The summed E-state index contributed by atoms with van der Waals surface area (Å²) in [4.78, 5) is 7.88. The zero-order chi connectivity index (χ0) is 15.0. The number of fused-ring (bicyclic) bond motifs is 1. The molecule has 0 aliphatic carbocycles. The summed E-state index contributed by atoms with van der Waals surface area (Å²) in [5.74, 6) is 0.476. The molecule has 0 amide bonds. The van der Waals surface area contributed by atoms with Crippen molar-refractivity contribution in [1.29, 1.82) is 0 Å². The van der Waals surface area contributed by atoms with E-state index in [-0.39, 0.29) is 5.01 Å². The normalized spacial score (nSPS) is 11.8. The van der Waals surface area contributed by atoms with Gasteiger partial charge < -0.3 is 4.74 Å². The molecule has 0 saturated heterocycles. The smallest absolute Gasteiger partial charge is 0.434 e. The molecule has 3 aromatic rings. The third kappa shape index (κ3) is 2.44. The fourth-order valence-electron chi connectivity index (χ4n) is 2.02. The lowest BCUT2D eigenvalue weighted by molar-refractivity contribution is -0.140. The third-order valence-electron chi connectivity index (χ3n) is 2.96. The summed E-state index contributed by atoms with van der Waals surface area (Å²) >= 11 is 0.916. The second kappa shape index (κ2) is 5.00. The zero-order valence-corrected chi connectivity index (χ0v) is 11.6. The minimum Gasteiger partial charge on any atom is -0.495 e. The van der Waals surface area contributed by atoms with Gasteiger partial charge >= 0.3 is 6.18 Å². The highest BCUT2D eigenvalue weighted by Gasteiger charge is 2.34. The molecular weight excluding hydrogens is 301 g/mol. The van der Waals surface area contributed by atoms with E-state index < -0.39 is 11.9 Å². The molecule has 2 heterocycles. The van der Waals surface area contributed by atoms with Gasteiger partial charge in [0, 0.05) is 17.0 Å².